The Kier molecular flexibility index (Phi) is 3.16. The van der Waals surface area contributed by atoms with Gasteiger partial charge in [-0.25, -0.2) is 4.98 Å². The molecule has 0 N–H and O–H groups in total. The molecule has 0 radical (unpaired) electrons. The van der Waals surface area contributed by atoms with E-state index in [0.717, 1.165) is 23.0 Å². The number of fused-ring (bicyclic) bond motifs is 1. The Morgan fingerprint density at radius 2 is 1.67 bits per heavy atom. The van der Waals surface area contributed by atoms with Gasteiger partial charge in [0.05, 0.1) is 16.8 Å². The second kappa shape index (κ2) is 4.88. The monoisotopic (exact) mass is 287 g/mol. The third kappa shape index (κ3) is 2.75. The van der Waals surface area contributed by atoms with Crippen molar-refractivity contribution in [2.45, 2.75) is 13.1 Å². The molecule has 1 heterocycles. The van der Waals surface area contributed by atoms with E-state index in [1.807, 2.05) is 30.3 Å². The lowest BCUT2D eigenvalue weighted by molar-refractivity contribution is -0.137. The zero-order chi connectivity index (χ0) is 15.0. The zero-order valence-corrected chi connectivity index (χ0v) is 11.3. The molecule has 0 aliphatic carbocycles. The Bertz CT molecular complexity index is 806. The number of alkyl halides is 3. The molecule has 0 fully saturated rings. The van der Waals surface area contributed by atoms with Crippen LogP contribution >= 0.6 is 0 Å². The van der Waals surface area contributed by atoms with Crippen molar-refractivity contribution in [3.63, 3.8) is 0 Å². The molecule has 106 valence electrons. The number of rotatable bonds is 1. The first-order valence-electron chi connectivity index (χ1n) is 6.48. The maximum absolute atomic E-state index is 12.9. The molecule has 4 heteroatoms. The minimum Gasteiger partial charge on any atom is -0.248 e. The van der Waals surface area contributed by atoms with Crippen LogP contribution in [0.15, 0.2) is 54.6 Å². The highest BCUT2D eigenvalue weighted by Crippen LogP contribution is 2.33. The molecule has 0 unspecified atom stereocenters. The predicted octanol–water partition coefficient (Wildman–Crippen LogP) is 5.23. The van der Waals surface area contributed by atoms with Crippen LogP contribution in [-0.2, 0) is 6.18 Å². The fraction of sp³-hybridized carbons (Fsp3) is 0.118. The minimum absolute atomic E-state index is 0.480. The van der Waals surface area contributed by atoms with Gasteiger partial charge in [0.2, 0.25) is 0 Å². The van der Waals surface area contributed by atoms with Gasteiger partial charge in [0.15, 0.2) is 0 Å². The quantitative estimate of drug-likeness (QED) is 0.597. The number of pyridine rings is 1. The summed E-state index contributed by atoms with van der Waals surface area (Å²) < 4.78 is 38.7. The van der Waals surface area contributed by atoms with Crippen molar-refractivity contribution in [1.29, 1.82) is 0 Å². The van der Waals surface area contributed by atoms with Crippen molar-refractivity contribution < 1.29 is 13.2 Å². The highest BCUT2D eigenvalue weighted by molar-refractivity contribution is 5.81. The Labute approximate surface area is 120 Å². The highest BCUT2D eigenvalue weighted by atomic mass is 19.4. The Balaban J connectivity index is 2.16. The molecular formula is C17H12F3N. The summed E-state index contributed by atoms with van der Waals surface area (Å²) in [5, 5.41) is 0.963. The molecular weight excluding hydrogens is 275 g/mol. The summed E-state index contributed by atoms with van der Waals surface area (Å²) in [4.78, 5) is 4.44. The summed E-state index contributed by atoms with van der Waals surface area (Å²) in [5.74, 6) is 0. The molecule has 0 amide bonds. The van der Waals surface area contributed by atoms with Crippen molar-refractivity contribution in [1.82, 2.24) is 4.98 Å². The van der Waals surface area contributed by atoms with Crippen LogP contribution in [0.3, 0.4) is 0 Å². The molecule has 0 spiro atoms. The predicted molar refractivity (Wildman–Crippen MR) is 76.9 cm³/mol. The third-order valence-electron chi connectivity index (χ3n) is 3.30. The van der Waals surface area contributed by atoms with Gasteiger partial charge >= 0.3 is 6.18 Å². The van der Waals surface area contributed by atoms with E-state index in [9.17, 15) is 13.2 Å². The summed E-state index contributed by atoms with van der Waals surface area (Å²) in [6.07, 6.45) is -4.35. The second-order valence-corrected chi connectivity index (χ2v) is 4.97. The molecule has 3 aromatic rings. The van der Waals surface area contributed by atoms with Gasteiger partial charge in [0.1, 0.15) is 0 Å². The molecule has 2 aromatic carbocycles. The first-order chi connectivity index (χ1) is 9.93. The fourth-order valence-electron chi connectivity index (χ4n) is 2.32. The molecule has 3 rings (SSSR count). The van der Waals surface area contributed by atoms with E-state index in [2.05, 4.69) is 4.98 Å². The van der Waals surface area contributed by atoms with Crippen LogP contribution in [-0.4, -0.2) is 4.98 Å². The van der Waals surface area contributed by atoms with Crippen LogP contribution in [0, 0.1) is 6.92 Å². The van der Waals surface area contributed by atoms with Gasteiger partial charge in [0, 0.05) is 10.9 Å². The first kappa shape index (κ1) is 13.6. The normalized spacial score (nSPS) is 11.8. The van der Waals surface area contributed by atoms with Crippen LogP contribution in [0.2, 0.25) is 0 Å². The van der Waals surface area contributed by atoms with Gasteiger partial charge in [-0.15, -0.1) is 0 Å². The fourth-order valence-corrected chi connectivity index (χ4v) is 2.32. The number of hydrogen-bond donors (Lipinski definition) is 0. The van der Waals surface area contributed by atoms with Crippen molar-refractivity contribution in [3.8, 4) is 11.3 Å². The van der Waals surface area contributed by atoms with E-state index in [1.54, 1.807) is 19.1 Å². The van der Waals surface area contributed by atoms with Crippen molar-refractivity contribution in [3.05, 3.63) is 65.7 Å². The van der Waals surface area contributed by atoms with E-state index in [-0.39, 0.29) is 0 Å². The van der Waals surface area contributed by atoms with Crippen LogP contribution in [0.4, 0.5) is 13.2 Å². The van der Waals surface area contributed by atoms with E-state index < -0.39 is 11.7 Å². The summed E-state index contributed by atoms with van der Waals surface area (Å²) in [5.41, 5.74) is 1.71. The molecule has 0 aliphatic rings. The zero-order valence-electron chi connectivity index (χ0n) is 11.3. The maximum Gasteiger partial charge on any atom is 0.416 e. The van der Waals surface area contributed by atoms with Crippen LogP contribution < -0.4 is 0 Å². The Morgan fingerprint density at radius 1 is 0.905 bits per heavy atom. The van der Waals surface area contributed by atoms with Crippen molar-refractivity contribution >= 4 is 10.9 Å². The van der Waals surface area contributed by atoms with Crippen molar-refractivity contribution in [2.75, 3.05) is 0 Å². The van der Waals surface area contributed by atoms with Crippen molar-refractivity contribution in [2.24, 2.45) is 0 Å². The summed E-state index contributed by atoms with van der Waals surface area (Å²) in [6, 6.07) is 15.1. The maximum atomic E-state index is 12.9. The molecule has 0 bridgehead atoms. The first-order valence-corrected chi connectivity index (χ1v) is 6.48. The standard InChI is InChI=1S/C17H12F3N/c1-11-8-13(10-14(9-11)17(18,19)20)16-7-6-12-4-2-3-5-15(12)21-16/h2-10H,1H3. The molecule has 1 aromatic heterocycles. The Morgan fingerprint density at radius 3 is 2.43 bits per heavy atom. The number of halogens is 3. The number of aromatic nitrogens is 1. The average molecular weight is 287 g/mol. The molecule has 1 nitrogen and oxygen atoms in total. The number of nitrogens with zero attached hydrogens (tertiary/aromatic N) is 1. The number of benzene rings is 2. The van der Waals surface area contributed by atoms with Gasteiger partial charge in [-0.2, -0.15) is 13.2 Å². The largest absolute Gasteiger partial charge is 0.416 e. The van der Waals surface area contributed by atoms with Gasteiger partial charge in [-0.3, -0.25) is 0 Å². The second-order valence-electron chi connectivity index (χ2n) is 4.97. The molecule has 0 atom stereocenters. The number of hydrogen-bond acceptors (Lipinski definition) is 1. The smallest absolute Gasteiger partial charge is 0.248 e. The Hall–Kier alpha value is -2.36. The van der Waals surface area contributed by atoms with E-state index in [0.29, 0.717) is 16.8 Å². The topological polar surface area (TPSA) is 12.9 Å². The lowest BCUT2D eigenvalue weighted by Crippen LogP contribution is -2.05. The van der Waals surface area contributed by atoms with E-state index >= 15 is 0 Å². The van der Waals surface area contributed by atoms with Gasteiger partial charge in [0.25, 0.3) is 0 Å². The summed E-state index contributed by atoms with van der Waals surface area (Å²) in [6.45, 7) is 1.65. The van der Waals surface area contributed by atoms with Gasteiger partial charge in [-0.05, 0) is 42.8 Å². The molecule has 21 heavy (non-hydrogen) atoms. The summed E-state index contributed by atoms with van der Waals surface area (Å²) in [7, 11) is 0. The van der Waals surface area contributed by atoms with Crippen LogP contribution in [0.25, 0.3) is 22.2 Å². The van der Waals surface area contributed by atoms with Crippen LogP contribution in [0.1, 0.15) is 11.1 Å². The molecule has 0 saturated carbocycles. The number of para-hydroxylation sites is 1. The lowest BCUT2D eigenvalue weighted by Gasteiger charge is -2.11. The molecule has 0 saturated heterocycles. The average Bonchev–Trinajstić information content (AvgIpc) is 2.45. The van der Waals surface area contributed by atoms with Gasteiger partial charge in [-0.1, -0.05) is 24.3 Å². The van der Waals surface area contributed by atoms with Gasteiger partial charge < -0.3 is 0 Å². The highest BCUT2D eigenvalue weighted by Gasteiger charge is 2.31. The van der Waals surface area contributed by atoms with E-state index in [4.69, 9.17) is 0 Å². The third-order valence-corrected chi connectivity index (χ3v) is 3.30. The van der Waals surface area contributed by atoms with E-state index in [1.165, 1.54) is 0 Å². The minimum atomic E-state index is -4.35. The summed E-state index contributed by atoms with van der Waals surface area (Å²) >= 11 is 0. The lowest BCUT2D eigenvalue weighted by atomic mass is 10.0. The number of aryl methyl sites for hydroxylation is 1. The SMILES string of the molecule is Cc1cc(-c2ccc3ccccc3n2)cc(C(F)(F)F)c1. The molecule has 0 aliphatic heterocycles. The van der Waals surface area contributed by atoms with Crippen LogP contribution in [0.5, 0.6) is 0 Å².